The third kappa shape index (κ3) is 2.04. The van der Waals surface area contributed by atoms with Crippen molar-refractivity contribution in [2.75, 3.05) is 7.11 Å². The number of hydrogen-bond donors (Lipinski definition) is 0. The van der Waals surface area contributed by atoms with Crippen molar-refractivity contribution in [3.05, 3.63) is 16.1 Å². The van der Waals surface area contributed by atoms with Gasteiger partial charge in [0.2, 0.25) is 0 Å². The number of nitrogens with zero attached hydrogens (tertiary/aromatic N) is 1. The predicted molar refractivity (Wildman–Crippen MR) is 63.9 cm³/mol. The lowest BCUT2D eigenvalue weighted by atomic mass is 9.85. The molecule has 3 nitrogen and oxygen atoms in total. The first-order valence-electron chi connectivity index (χ1n) is 5.70. The van der Waals surface area contributed by atoms with Gasteiger partial charge in [-0.1, -0.05) is 19.3 Å². The summed E-state index contributed by atoms with van der Waals surface area (Å²) in [7, 11) is 1.75. The first-order valence-corrected chi connectivity index (χ1v) is 6.58. The Balaban J connectivity index is 2.28. The van der Waals surface area contributed by atoms with Gasteiger partial charge in [-0.2, -0.15) is 0 Å². The highest BCUT2D eigenvalue weighted by molar-refractivity contribution is 7.10. The Morgan fingerprint density at radius 2 is 2.12 bits per heavy atom. The summed E-state index contributed by atoms with van der Waals surface area (Å²) >= 11 is 1.55. The first kappa shape index (κ1) is 11.7. The zero-order valence-corrected chi connectivity index (χ0v) is 10.6. The van der Waals surface area contributed by atoms with E-state index < -0.39 is 0 Å². The first-order chi connectivity index (χ1) is 7.68. The molecular weight excluding hydrogens is 222 g/mol. The minimum atomic E-state index is -0.226. The summed E-state index contributed by atoms with van der Waals surface area (Å²) < 4.78 is 5.69. The standard InChI is InChI=1S/C12H17NO2S/c1-9(14)10-8-16-11(13-10)12(15-2)6-4-3-5-7-12/h8H,3-7H2,1-2H3. The van der Waals surface area contributed by atoms with Crippen LogP contribution in [0.5, 0.6) is 0 Å². The maximum absolute atomic E-state index is 11.2. The molecule has 0 aliphatic heterocycles. The van der Waals surface area contributed by atoms with Crippen LogP contribution in [0.15, 0.2) is 5.38 Å². The molecule has 1 aromatic heterocycles. The van der Waals surface area contributed by atoms with Crippen molar-refractivity contribution in [3.8, 4) is 0 Å². The molecule has 1 heterocycles. The molecule has 88 valence electrons. The summed E-state index contributed by atoms with van der Waals surface area (Å²) in [6.45, 7) is 1.55. The van der Waals surface area contributed by atoms with Crippen molar-refractivity contribution < 1.29 is 9.53 Å². The fraction of sp³-hybridized carbons (Fsp3) is 0.667. The molecule has 16 heavy (non-hydrogen) atoms. The van der Waals surface area contributed by atoms with Crippen LogP contribution in [0.1, 0.15) is 54.5 Å². The van der Waals surface area contributed by atoms with Crippen LogP contribution in [0.25, 0.3) is 0 Å². The Labute approximate surface area is 99.8 Å². The van der Waals surface area contributed by atoms with E-state index in [9.17, 15) is 4.79 Å². The normalized spacial score (nSPS) is 19.6. The summed E-state index contributed by atoms with van der Waals surface area (Å²) in [5, 5.41) is 2.81. The SMILES string of the molecule is COC1(c2nc(C(C)=O)cs2)CCCCC1. The molecular formula is C12H17NO2S. The Kier molecular flexibility index (Phi) is 3.40. The maximum Gasteiger partial charge on any atom is 0.178 e. The minimum Gasteiger partial charge on any atom is -0.371 e. The number of Topliss-reactive ketones (excluding diaryl/α,β-unsaturated/α-hetero) is 1. The lowest BCUT2D eigenvalue weighted by Crippen LogP contribution is -2.31. The average molecular weight is 239 g/mol. The molecule has 0 spiro atoms. The maximum atomic E-state index is 11.2. The quantitative estimate of drug-likeness (QED) is 0.761. The van der Waals surface area contributed by atoms with Gasteiger partial charge < -0.3 is 4.74 Å². The van der Waals surface area contributed by atoms with Crippen LogP contribution in [0, 0.1) is 0 Å². The fourth-order valence-corrected chi connectivity index (χ4v) is 3.37. The Morgan fingerprint density at radius 1 is 1.44 bits per heavy atom. The van der Waals surface area contributed by atoms with Gasteiger partial charge in [-0.15, -0.1) is 11.3 Å². The number of ether oxygens (including phenoxy) is 1. The van der Waals surface area contributed by atoms with Crippen molar-refractivity contribution in [1.82, 2.24) is 4.98 Å². The van der Waals surface area contributed by atoms with Gasteiger partial charge in [0.1, 0.15) is 16.3 Å². The smallest absolute Gasteiger partial charge is 0.178 e. The average Bonchev–Trinajstić information content (AvgIpc) is 2.80. The molecule has 1 aliphatic carbocycles. The fourth-order valence-electron chi connectivity index (χ4n) is 2.27. The second-order valence-corrected chi connectivity index (χ2v) is 5.21. The van der Waals surface area contributed by atoms with E-state index in [-0.39, 0.29) is 11.4 Å². The molecule has 0 radical (unpaired) electrons. The molecule has 0 atom stereocenters. The molecule has 4 heteroatoms. The number of hydrogen-bond acceptors (Lipinski definition) is 4. The lowest BCUT2D eigenvalue weighted by Gasteiger charge is -2.33. The molecule has 0 aromatic carbocycles. The Hall–Kier alpha value is -0.740. The van der Waals surface area contributed by atoms with Crippen molar-refractivity contribution >= 4 is 17.1 Å². The van der Waals surface area contributed by atoms with Crippen LogP contribution in [0.4, 0.5) is 0 Å². The number of methoxy groups -OCH3 is 1. The van der Waals surface area contributed by atoms with Crippen molar-refractivity contribution in [2.45, 2.75) is 44.6 Å². The highest BCUT2D eigenvalue weighted by atomic mass is 32.1. The molecule has 0 bridgehead atoms. The zero-order valence-electron chi connectivity index (χ0n) is 9.78. The van der Waals surface area contributed by atoms with E-state index in [4.69, 9.17) is 4.74 Å². The predicted octanol–water partition coefficient (Wildman–Crippen LogP) is 3.15. The van der Waals surface area contributed by atoms with Gasteiger partial charge in [0.05, 0.1) is 0 Å². The summed E-state index contributed by atoms with van der Waals surface area (Å²) in [4.78, 5) is 15.7. The lowest BCUT2D eigenvalue weighted by molar-refractivity contribution is -0.0446. The molecule has 1 aliphatic rings. The third-order valence-corrected chi connectivity index (χ3v) is 4.33. The molecule has 0 N–H and O–H groups in total. The summed E-state index contributed by atoms with van der Waals surface area (Å²) in [5.41, 5.74) is 0.346. The summed E-state index contributed by atoms with van der Waals surface area (Å²) in [6.07, 6.45) is 5.68. The van der Waals surface area contributed by atoms with E-state index in [1.54, 1.807) is 25.4 Å². The minimum absolute atomic E-state index is 0.0320. The van der Waals surface area contributed by atoms with Crippen LogP contribution >= 0.6 is 11.3 Å². The van der Waals surface area contributed by atoms with Gasteiger partial charge in [-0.25, -0.2) is 4.98 Å². The summed E-state index contributed by atoms with van der Waals surface area (Å²) in [6, 6.07) is 0. The Bertz CT molecular complexity index is 380. The Morgan fingerprint density at radius 3 is 2.62 bits per heavy atom. The number of carbonyl (C=O) groups is 1. The number of aromatic nitrogens is 1. The van der Waals surface area contributed by atoms with Gasteiger partial charge in [0.25, 0.3) is 0 Å². The van der Waals surface area contributed by atoms with Crippen LogP contribution < -0.4 is 0 Å². The van der Waals surface area contributed by atoms with E-state index in [1.165, 1.54) is 19.3 Å². The van der Waals surface area contributed by atoms with Crippen LogP contribution in [0.2, 0.25) is 0 Å². The largest absolute Gasteiger partial charge is 0.371 e. The number of ketones is 1. The van der Waals surface area contributed by atoms with E-state index >= 15 is 0 Å². The van der Waals surface area contributed by atoms with Gasteiger partial charge >= 0.3 is 0 Å². The van der Waals surface area contributed by atoms with Crippen molar-refractivity contribution in [1.29, 1.82) is 0 Å². The second kappa shape index (κ2) is 4.63. The molecule has 0 unspecified atom stereocenters. The molecule has 2 rings (SSSR count). The van der Waals surface area contributed by atoms with Gasteiger partial charge in [0.15, 0.2) is 5.78 Å². The highest BCUT2D eigenvalue weighted by Gasteiger charge is 2.36. The van der Waals surface area contributed by atoms with E-state index in [0.29, 0.717) is 5.69 Å². The molecule has 1 fully saturated rings. The molecule has 0 saturated heterocycles. The number of rotatable bonds is 3. The van der Waals surface area contributed by atoms with Crippen LogP contribution in [0.3, 0.4) is 0 Å². The zero-order chi connectivity index (χ0) is 11.6. The molecule has 0 amide bonds. The number of carbonyl (C=O) groups excluding carboxylic acids is 1. The summed E-state index contributed by atoms with van der Waals surface area (Å²) in [5.74, 6) is 0.0320. The van der Waals surface area contributed by atoms with Crippen molar-refractivity contribution in [3.63, 3.8) is 0 Å². The van der Waals surface area contributed by atoms with Crippen molar-refractivity contribution in [2.24, 2.45) is 0 Å². The monoisotopic (exact) mass is 239 g/mol. The van der Waals surface area contributed by atoms with E-state index in [2.05, 4.69) is 4.98 Å². The third-order valence-electron chi connectivity index (χ3n) is 3.31. The topological polar surface area (TPSA) is 39.2 Å². The van der Waals surface area contributed by atoms with E-state index in [0.717, 1.165) is 17.8 Å². The van der Waals surface area contributed by atoms with Crippen LogP contribution in [-0.4, -0.2) is 17.9 Å². The molecule has 1 aromatic rings. The van der Waals surface area contributed by atoms with Gasteiger partial charge in [-0.05, 0) is 12.8 Å². The molecule has 1 saturated carbocycles. The highest BCUT2D eigenvalue weighted by Crippen LogP contribution is 2.41. The second-order valence-electron chi connectivity index (χ2n) is 4.35. The van der Waals surface area contributed by atoms with Gasteiger partial charge in [0, 0.05) is 19.4 Å². The number of thiazole rings is 1. The van der Waals surface area contributed by atoms with E-state index in [1.807, 2.05) is 5.38 Å². The van der Waals surface area contributed by atoms with Crippen LogP contribution in [-0.2, 0) is 10.3 Å². The van der Waals surface area contributed by atoms with Gasteiger partial charge in [-0.3, -0.25) is 4.79 Å².